The van der Waals surface area contributed by atoms with E-state index in [1.807, 2.05) is 54.6 Å². The third kappa shape index (κ3) is 3.20. The zero-order valence-electron chi connectivity index (χ0n) is 18.0. The Morgan fingerprint density at radius 2 is 1.45 bits per heavy atom. The van der Waals surface area contributed by atoms with Crippen LogP contribution in [-0.4, -0.2) is 30.2 Å². The van der Waals surface area contributed by atoms with E-state index in [9.17, 15) is 14.4 Å². The maximum atomic E-state index is 14.2. The van der Waals surface area contributed by atoms with Gasteiger partial charge in [-0.2, -0.15) is 0 Å². The highest BCUT2D eigenvalue weighted by Gasteiger charge is 2.69. The van der Waals surface area contributed by atoms with Crippen molar-refractivity contribution in [1.29, 1.82) is 0 Å². The van der Waals surface area contributed by atoms with Gasteiger partial charge in [0.1, 0.15) is 11.5 Å². The van der Waals surface area contributed by atoms with Crippen molar-refractivity contribution in [2.24, 2.45) is 5.41 Å². The molecule has 3 aromatic rings. The van der Waals surface area contributed by atoms with Crippen LogP contribution in [0.2, 0.25) is 0 Å². The van der Waals surface area contributed by atoms with Crippen molar-refractivity contribution in [2.75, 3.05) is 6.61 Å². The lowest BCUT2D eigenvalue weighted by Crippen LogP contribution is -2.43. The third-order valence-corrected chi connectivity index (χ3v) is 7.22. The number of fused-ring (bicyclic) bond motifs is 1. The molecule has 33 heavy (non-hydrogen) atoms. The minimum Gasteiger partial charge on any atom is -0.465 e. The summed E-state index contributed by atoms with van der Waals surface area (Å²) in [5, 5.41) is 3.36. The number of carbonyl (C=O) groups excluding carboxylic acids is 3. The monoisotopic (exact) mass is 503 g/mol. The van der Waals surface area contributed by atoms with Crippen molar-refractivity contribution in [3.05, 3.63) is 106 Å². The predicted molar refractivity (Wildman–Crippen MR) is 127 cm³/mol. The van der Waals surface area contributed by atoms with Gasteiger partial charge in [0.15, 0.2) is 11.6 Å². The van der Waals surface area contributed by atoms with Crippen molar-refractivity contribution in [3.8, 4) is 0 Å². The Morgan fingerprint density at radius 1 is 0.879 bits per heavy atom. The lowest BCUT2D eigenvalue weighted by atomic mass is 9.64. The largest absolute Gasteiger partial charge is 0.465 e. The first-order valence-electron chi connectivity index (χ1n) is 10.9. The molecule has 0 unspecified atom stereocenters. The first-order valence-corrected chi connectivity index (χ1v) is 11.7. The van der Waals surface area contributed by atoms with Gasteiger partial charge in [-0.1, -0.05) is 82.7 Å². The fourth-order valence-corrected chi connectivity index (χ4v) is 5.65. The smallest absolute Gasteiger partial charge is 0.323 e. The topological polar surface area (TPSA) is 72.5 Å². The summed E-state index contributed by atoms with van der Waals surface area (Å²) < 4.78 is 6.27. The molecule has 1 spiro atoms. The second-order valence-corrected chi connectivity index (χ2v) is 9.26. The van der Waals surface area contributed by atoms with Gasteiger partial charge in [0.25, 0.3) is 0 Å². The number of carbonyl (C=O) groups is 3. The van der Waals surface area contributed by atoms with E-state index >= 15 is 0 Å². The lowest BCUT2D eigenvalue weighted by Gasteiger charge is -2.34. The van der Waals surface area contributed by atoms with Crippen LogP contribution < -0.4 is 5.32 Å². The van der Waals surface area contributed by atoms with Crippen molar-refractivity contribution in [3.63, 3.8) is 0 Å². The zero-order valence-corrected chi connectivity index (χ0v) is 19.5. The maximum absolute atomic E-state index is 14.2. The number of benzene rings is 3. The van der Waals surface area contributed by atoms with Gasteiger partial charge in [0.2, 0.25) is 0 Å². The molecule has 0 radical (unpaired) electrons. The molecule has 3 aromatic carbocycles. The average Bonchev–Trinajstić information content (AvgIpc) is 3.31. The molecule has 1 N–H and O–H groups in total. The van der Waals surface area contributed by atoms with Crippen molar-refractivity contribution >= 4 is 33.5 Å². The van der Waals surface area contributed by atoms with E-state index in [0.29, 0.717) is 11.1 Å². The lowest BCUT2D eigenvalue weighted by molar-refractivity contribution is -0.145. The van der Waals surface area contributed by atoms with Crippen LogP contribution in [0.5, 0.6) is 0 Å². The summed E-state index contributed by atoms with van der Waals surface area (Å²) in [5.74, 6) is -1.73. The Balaban J connectivity index is 1.79. The highest BCUT2D eigenvalue weighted by atomic mass is 79.9. The van der Waals surface area contributed by atoms with Crippen molar-refractivity contribution in [2.45, 2.75) is 24.9 Å². The quantitative estimate of drug-likeness (QED) is 0.406. The minimum absolute atomic E-state index is 0.204. The van der Waals surface area contributed by atoms with Gasteiger partial charge in [-0.15, -0.1) is 0 Å². The standard InChI is InChI=1S/C27H22BrNO4/c1-2-33-26(32)22-21(16-12-14-18(28)15-13-16)27(23(29-22)17-8-4-3-5-9-17)24(30)19-10-6-7-11-20(19)25(27)31/h3-15,21-23,29H,2H2,1H3/t21-,22+,23-/m0/s1. The summed E-state index contributed by atoms with van der Waals surface area (Å²) in [6.07, 6.45) is 0. The molecule has 5 nitrogen and oxygen atoms in total. The van der Waals surface area contributed by atoms with Gasteiger partial charge in [0, 0.05) is 21.5 Å². The van der Waals surface area contributed by atoms with E-state index in [2.05, 4.69) is 21.2 Å². The number of hydrogen-bond acceptors (Lipinski definition) is 5. The number of nitrogens with one attached hydrogen (secondary N) is 1. The molecule has 0 saturated carbocycles. The fourth-order valence-electron chi connectivity index (χ4n) is 5.39. The van der Waals surface area contributed by atoms with Gasteiger partial charge in [-0.3, -0.25) is 19.7 Å². The molecule has 1 heterocycles. The van der Waals surface area contributed by atoms with E-state index in [0.717, 1.165) is 15.6 Å². The fraction of sp³-hybridized carbons (Fsp3) is 0.222. The highest BCUT2D eigenvalue weighted by Crippen LogP contribution is 2.59. The molecule has 1 saturated heterocycles. The van der Waals surface area contributed by atoms with E-state index < -0.39 is 29.4 Å². The van der Waals surface area contributed by atoms with Gasteiger partial charge in [-0.05, 0) is 30.2 Å². The number of esters is 1. The van der Waals surface area contributed by atoms with Crippen LogP contribution in [0.4, 0.5) is 0 Å². The Labute approximate surface area is 200 Å². The highest BCUT2D eigenvalue weighted by molar-refractivity contribution is 9.10. The van der Waals surface area contributed by atoms with Crippen LogP contribution in [-0.2, 0) is 9.53 Å². The summed E-state index contributed by atoms with van der Waals surface area (Å²) in [7, 11) is 0. The minimum atomic E-state index is -1.50. The number of ether oxygens (including phenoxy) is 1. The predicted octanol–water partition coefficient (Wildman–Crippen LogP) is 4.87. The zero-order chi connectivity index (χ0) is 23.2. The van der Waals surface area contributed by atoms with E-state index in [4.69, 9.17) is 4.74 Å². The normalized spacial score (nSPS) is 23.0. The number of Topliss-reactive ketones (excluding diaryl/α,β-unsaturated/α-hetero) is 2. The SMILES string of the molecule is CCOC(=O)[C@@H]1N[C@@H](c2ccccc2)C2(C(=O)c3ccccc3C2=O)[C@H]1c1ccc(Br)cc1. The van der Waals surface area contributed by atoms with Gasteiger partial charge in [-0.25, -0.2) is 0 Å². The van der Waals surface area contributed by atoms with E-state index in [-0.39, 0.29) is 18.2 Å². The first-order chi connectivity index (χ1) is 16.0. The van der Waals surface area contributed by atoms with Crippen LogP contribution in [0.1, 0.15) is 50.7 Å². The Hall–Kier alpha value is -3.09. The van der Waals surface area contributed by atoms with Crippen molar-refractivity contribution in [1.82, 2.24) is 5.32 Å². The van der Waals surface area contributed by atoms with E-state index in [1.165, 1.54) is 0 Å². The number of rotatable bonds is 4. The molecule has 3 atom stereocenters. The summed E-state index contributed by atoms with van der Waals surface area (Å²) in [6.45, 7) is 1.95. The maximum Gasteiger partial charge on any atom is 0.323 e. The second kappa shape index (κ2) is 8.36. The molecule has 5 rings (SSSR count). The molecule has 0 bridgehead atoms. The van der Waals surface area contributed by atoms with Crippen LogP contribution in [0.3, 0.4) is 0 Å². The van der Waals surface area contributed by atoms with Crippen molar-refractivity contribution < 1.29 is 19.1 Å². The molecule has 2 aliphatic rings. The molecule has 1 aliphatic carbocycles. The Morgan fingerprint density at radius 3 is 2.03 bits per heavy atom. The van der Waals surface area contributed by atoms with Gasteiger partial charge < -0.3 is 4.74 Å². The Kier molecular flexibility index (Phi) is 5.51. The van der Waals surface area contributed by atoms with E-state index in [1.54, 1.807) is 31.2 Å². The van der Waals surface area contributed by atoms with Crippen LogP contribution in [0.15, 0.2) is 83.3 Å². The summed E-state index contributed by atoms with van der Waals surface area (Å²) in [6, 6.07) is 22.2. The van der Waals surface area contributed by atoms with Gasteiger partial charge in [0.05, 0.1) is 12.6 Å². The summed E-state index contributed by atoms with van der Waals surface area (Å²) >= 11 is 3.45. The average molecular weight is 504 g/mol. The van der Waals surface area contributed by atoms with Crippen LogP contribution >= 0.6 is 15.9 Å². The number of hydrogen-bond donors (Lipinski definition) is 1. The number of ketones is 2. The summed E-state index contributed by atoms with van der Waals surface area (Å²) in [5.41, 5.74) is 0.808. The molecular weight excluding hydrogens is 482 g/mol. The van der Waals surface area contributed by atoms with Gasteiger partial charge >= 0.3 is 5.97 Å². The number of halogens is 1. The molecule has 166 valence electrons. The molecule has 0 amide bonds. The first kappa shape index (κ1) is 21.7. The molecule has 6 heteroatoms. The molecule has 1 aliphatic heterocycles. The van der Waals surface area contributed by atoms with Crippen LogP contribution in [0.25, 0.3) is 0 Å². The Bertz CT molecular complexity index is 1200. The summed E-state index contributed by atoms with van der Waals surface area (Å²) in [4.78, 5) is 41.5. The molecule has 1 fully saturated rings. The molecule has 0 aromatic heterocycles. The second-order valence-electron chi connectivity index (χ2n) is 8.34. The third-order valence-electron chi connectivity index (χ3n) is 6.70. The van der Waals surface area contributed by atoms with Crippen LogP contribution in [0, 0.1) is 5.41 Å². The molecular formula is C27H22BrNO4.